The number of phenols is 1. The summed E-state index contributed by atoms with van der Waals surface area (Å²) < 4.78 is 6.30. The molecule has 2 saturated heterocycles. The Morgan fingerprint density at radius 1 is 1.02 bits per heavy atom. The van der Waals surface area contributed by atoms with Gasteiger partial charge in [0.15, 0.2) is 0 Å². The van der Waals surface area contributed by atoms with Crippen molar-refractivity contribution in [2.45, 2.75) is 103 Å². The lowest BCUT2D eigenvalue weighted by atomic mass is 9.58. The average molecular weight is 596 g/mol. The molecule has 4 aliphatic rings. The number of likely N-dealkylation sites (tertiary alicyclic amines) is 1. The second kappa shape index (κ2) is 13.1. The number of phenolic OH excluding ortho intramolecular Hbond substituents is 1. The van der Waals surface area contributed by atoms with Crippen LogP contribution >= 0.6 is 0 Å². The molecule has 2 aromatic rings. The molecule has 2 N–H and O–H groups in total. The lowest BCUT2D eigenvalue weighted by Crippen LogP contribution is -2.46. The topological polar surface area (TPSA) is 87.1 Å². The van der Waals surface area contributed by atoms with Crippen LogP contribution in [-0.4, -0.2) is 46.1 Å². The number of amides is 2. The molecule has 6 nitrogen and oxygen atoms in total. The lowest BCUT2D eigenvalue weighted by molar-refractivity contribution is -0.143. The Balaban J connectivity index is 1.31. The fraction of sp³-hybridized carbons (Fsp3) is 0.514. The number of hydrogen-bond acceptors (Lipinski definition) is 5. The molecule has 2 aliphatic carbocycles. The van der Waals surface area contributed by atoms with E-state index in [1.54, 1.807) is 4.90 Å². The van der Waals surface area contributed by atoms with E-state index >= 15 is 0 Å². The number of carbonyl (C=O) groups is 2. The molecule has 0 spiro atoms. The van der Waals surface area contributed by atoms with E-state index in [-0.39, 0.29) is 35.8 Å². The number of carbonyl (C=O) groups excluding carboxylic acids is 2. The van der Waals surface area contributed by atoms with Gasteiger partial charge in [-0.1, -0.05) is 74.6 Å². The van der Waals surface area contributed by atoms with Gasteiger partial charge in [-0.05, 0) is 110 Å². The highest BCUT2D eigenvalue weighted by atomic mass is 16.5. The molecule has 0 unspecified atom stereocenters. The van der Waals surface area contributed by atoms with Crippen LogP contribution in [0.15, 0.2) is 53.6 Å². The summed E-state index contributed by atoms with van der Waals surface area (Å²) in [5.41, 5.74) is 7.42. The van der Waals surface area contributed by atoms with Crippen molar-refractivity contribution in [3.8, 4) is 5.75 Å². The van der Waals surface area contributed by atoms with Crippen LogP contribution in [0.5, 0.6) is 5.75 Å². The minimum atomic E-state index is -0.964. The molecule has 4 atom stereocenters. The van der Waals surface area contributed by atoms with Crippen LogP contribution in [0.1, 0.15) is 93.4 Å². The first-order valence-corrected chi connectivity index (χ1v) is 16.7. The van der Waals surface area contributed by atoms with Gasteiger partial charge in [0, 0.05) is 6.04 Å². The molecule has 2 amide bonds. The zero-order chi connectivity index (χ0) is 31.0. The summed E-state index contributed by atoms with van der Waals surface area (Å²) in [4.78, 5) is 29.5. The summed E-state index contributed by atoms with van der Waals surface area (Å²) in [6, 6.07) is 14.4. The molecule has 232 valence electrons. The highest BCUT2D eigenvalue weighted by Gasteiger charge is 2.58. The van der Waals surface area contributed by atoms with Gasteiger partial charge < -0.3 is 14.8 Å². The van der Waals surface area contributed by atoms with E-state index < -0.39 is 13.0 Å². The molecular weight excluding hydrogens is 549 g/mol. The third kappa shape index (κ3) is 5.93. The van der Waals surface area contributed by atoms with E-state index in [0.29, 0.717) is 31.3 Å². The average Bonchev–Trinajstić information content (AvgIpc) is 3.27. The van der Waals surface area contributed by atoms with Gasteiger partial charge in [-0.25, -0.2) is 0 Å². The highest BCUT2D eigenvalue weighted by Crippen LogP contribution is 2.52. The smallest absolute Gasteiger partial charge is 0.455 e. The monoisotopic (exact) mass is 595 g/mol. The van der Waals surface area contributed by atoms with Crippen molar-refractivity contribution in [3.05, 3.63) is 75.9 Å². The molecule has 2 heterocycles. The first-order valence-electron chi connectivity index (χ1n) is 16.7. The van der Waals surface area contributed by atoms with Crippen LogP contribution < -0.4 is 0 Å². The Hall–Kier alpha value is -3.16. The minimum Gasteiger partial charge on any atom is -0.507 e. The molecule has 2 aliphatic heterocycles. The van der Waals surface area contributed by atoms with E-state index in [1.165, 1.54) is 17.6 Å². The molecule has 0 bridgehead atoms. The highest BCUT2D eigenvalue weighted by molar-refractivity contribution is 6.43. The number of aromatic hydroxyl groups is 1. The summed E-state index contributed by atoms with van der Waals surface area (Å²) in [6.45, 7) is 6.00. The molecule has 0 aromatic heterocycles. The summed E-state index contributed by atoms with van der Waals surface area (Å²) >= 11 is 0. The van der Waals surface area contributed by atoms with Gasteiger partial charge in [0.25, 0.3) is 0 Å². The fourth-order valence-corrected chi connectivity index (χ4v) is 8.54. The second-order valence-electron chi connectivity index (χ2n) is 13.5. The maximum atomic E-state index is 14.0. The number of benzene rings is 2. The summed E-state index contributed by atoms with van der Waals surface area (Å²) in [7, 11) is -0.964. The number of aryl methyl sites for hydroxylation is 2. The SMILES string of the molecule is CCCC1=C2[C@@H](CC/C(=C/c3cc(C)c(O)c(C)c3)c3ccccc3)OB(O)C[C@@H]2[C@@H]2C(=O)N(C3CCCCC3)C(=O)[C@@H]2C1. The number of imide groups is 1. The maximum absolute atomic E-state index is 14.0. The Morgan fingerprint density at radius 3 is 2.41 bits per heavy atom. The number of hydrogen-bond donors (Lipinski definition) is 2. The van der Waals surface area contributed by atoms with E-state index in [9.17, 15) is 19.7 Å². The van der Waals surface area contributed by atoms with Gasteiger partial charge in [-0.15, -0.1) is 0 Å². The van der Waals surface area contributed by atoms with Crippen molar-refractivity contribution in [2.24, 2.45) is 17.8 Å². The summed E-state index contributed by atoms with van der Waals surface area (Å²) in [5, 5.41) is 21.4. The van der Waals surface area contributed by atoms with Crippen LogP contribution in [0.4, 0.5) is 0 Å². The van der Waals surface area contributed by atoms with Gasteiger partial charge in [0.05, 0.1) is 17.9 Å². The van der Waals surface area contributed by atoms with E-state index in [4.69, 9.17) is 4.65 Å². The molecule has 7 heteroatoms. The molecule has 3 fully saturated rings. The zero-order valence-corrected chi connectivity index (χ0v) is 26.4. The van der Waals surface area contributed by atoms with Crippen LogP contribution in [-0.2, 0) is 14.2 Å². The normalized spacial score (nSPS) is 26.3. The standard InChI is InChI=1S/C37H46BNO5/c1-4-11-28-21-30-34(37(42)39(36(30)41)29-14-9-6-10-15-29)31-22-38(43)44-32(33(28)31)17-16-27(26-12-7-5-8-13-26)20-25-18-23(2)35(40)24(3)19-25/h5,7-8,12-13,18-20,29-32,34,40,43H,4,6,9-11,14-17,21-22H2,1-3H3/b27-20-/t30-,31+,32-,34-/m1/s1. The van der Waals surface area contributed by atoms with Crippen LogP contribution in [0.3, 0.4) is 0 Å². The van der Waals surface area contributed by atoms with Gasteiger partial charge in [0.1, 0.15) is 5.75 Å². The predicted octanol–water partition coefficient (Wildman–Crippen LogP) is 7.26. The number of fused-ring (bicyclic) bond motifs is 3. The number of allylic oxidation sites excluding steroid dienone is 2. The van der Waals surface area contributed by atoms with Crippen molar-refractivity contribution in [3.63, 3.8) is 0 Å². The fourth-order valence-electron chi connectivity index (χ4n) is 8.54. The Kier molecular flexibility index (Phi) is 9.16. The predicted molar refractivity (Wildman–Crippen MR) is 175 cm³/mol. The Morgan fingerprint density at radius 2 is 1.73 bits per heavy atom. The van der Waals surface area contributed by atoms with Crippen LogP contribution in [0.2, 0.25) is 6.32 Å². The minimum absolute atomic E-state index is 0.0132. The van der Waals surface area contributed by atoms with Crippen LogP contribution in [0, 0.1) is 31.6 Å². The molecule has 0 radical (unpaired) electrons. The van der Waals surface area contributed by atoms with Gasteiger partial charge >= 0.3 is 7.12 Å². The third-order valence-electron chi connectivity index (χ3n) is 10.5. The Bertz CT molecular complexity index is 1440. The van der Waals surface area contributed by atoms with Crippen molar-refractivity contribution in [1.29, 1.82) is 0 Å². The van der Waals surface area contributed by atoms with E-state index in [2.05, 4.69) is 25.1 Å². The largest absolute Gasteiger partial charge is 0.507 e. The molecule has 2 aromatic carbocycles. The zero-order valence-electron chi connectivity index (χ0n) is 26.4. The maximum Gasteiger partial charge on any atom is 0.455 e. The van der Waals surface area contributed by atoms with Crippen molar-refractivity contribution in [2.75, 3.05) is 0 Å². The number of nitrogens with zero attached hydrogens (tertiary/aromatic N) is 1. The molecule has 6 rings (SSSR count). The summed E-state index contributed by atoms with van der Waals surface area (Å²) in [6.07, 6.45) is 11.2. The third-order valence-corrected chi connectivity index (χ3v) is 10.5. The second-order valence-corrected chi connectivity index (χ2v) is 13.5. The quantitative estimate of drug-likeness (QED) is 0.145. The van der Waals surface area contributed by atoms with Crippen molar-refractivity contribution in [1.82, 2.24) is 4.90 Å². The van der Waals surface area contributed by atoms with Gasteiger partial charge in [-0.3, -0.25) is 14.5 Å². The van der Waals surface area contributed by atoms with Crippen LogP contribution in [0.25, 0.3) is 11.6 Å². The first-order chi connectivity index (χ1) is 21.3. The summed E-state index contributed by atoms with van der Waals surface area (Å²) in [5.74, 6) is -0.543. The van der Waals surface area contributed by atoms with E-state index in [1.807, 2.05) is 44.2 Å². The van der Waals surface area contributed by atoms with Gasteiger partial charge in [-0.2, -0.15) is 0 Å². The van der Waals surface area contributed by atoms with Gasteiger partial charge in [0.2, 0.25) is 11.8 Å². The van der Waals surface area contributed by atoms with E-state index in [0.717, 1.165) is 66.4 Å². The molecule has 1 saturated carbocycles. The molecule has 44 heavy (non-hydrogen) atoms. The lowest BCUT2D eigenvalue weighted by Gasteiger charge is -2.43. The van der Waals surface area contributed by atoms with Crippen molar-refractivity contribution < 1.29 is 24.4 Å². The molecular formula is C37H46BNO5. The number of rotatable bonds is 8. The first kappa shape index (κ1) is 30.9. The van der Waals surface area contributed by atoms with Crippen molar-refractivity contribution >= 4 is 30.6 Å². The Labute approximate surface area is 262 Å².